The number of thioether (sulfide) groups is 1. The Labute approximate surface area is 132 Å². The number of aryl methyl sites for hydroxylation is 1. The largest absolute Gasteiger partial charge is 0.378 e. The third kappa shape index (κ3) is 4.12. The summed E-state index contributed by atoms with van der Waals surface area (Å²) in [4.78, 5) is 10.8. The van der Waals surface area contributed by atoms with Gasteiger partial charge in [-0.1, -0.05) is 29.4 Å². The summed E-state index contributed by atoms with van der Waals surface area (Å²) in [6.45, 7) is 2.47. The van der Waals surface area contributed by atoms with Gasteiger partial charge >= 0.3 is 0 Å². The lowest BCUT2D eigenvalue weighted by atomic mass is 10.2. The molecule has 8 heteroatoms. The first-order valence-electron chi connectivity index (χ1n) is 6.26. The number of hydrogen-bond donors (Lipinski definition) is 2. The Morgan fingerprint density at radius 2 is 2.24 bits per heavy atom. The van der Waals surface area contributed by atoms with Crippen molar-refractivity contribution in [3.05, 3.63) is 34.6 Å². The predicted molar refractivity (Wildman–Crippen MR) is 84.4 cm³/mol. The highest BCUT2D eigenvalue weighted by atomic mass is 35.5. The zero-order valence-electron chi connectivity index (χ0n) is 11.8. The average molecular weight is 326 g/mol. The molecular formula is C13H16ClN5OS. The van der Waals surface area contributed by atoms with Gasteiger partial charge in [-0.2, -0.15) is 0 Å². The minimum Gasteiger partial charge on any atom is -0.378 e. The number of nitrogens with zero attached hydrogens (tertiary/aromatic N) is 3. The second-order valence-electron chi connectivity index (χ2n) is 4.53. The number of anilines is 1. The van der Waals surface area contributed by atoms with E-state index in [0.29, 0.717) is 11.7 Å². The molecule has 1 aromatic heterocycles. The molecule has 1 aromatic carbocycles. The number of rotatable bonds is 6. The standard InChI is InChI=1S/C13H16ClN5OS/c1-8-3-4-9(5-10(8)14)16-6-12-17-18-13(19(12)2)21-7-11(15)20/h3-5,16H,6-7H2,1-2H3,(H2,15,20). The summed E-state index contributed by atoms with van der Waals surface area (Å²) in [5, 5.41) is 12.7. The number of primary amides is 1. The number of amides is 1. The van der Waals surface area contributed by atoms with Gasteiger partial charge in [-0.25, -0.2) is 0 Å². The van der Waals surface area contributed by atoms with Crippen molar-refractivity contribution in [1.29, 1.82) is 0 Å². The van der Waals surface area contributed by atoms with Crippen molar-refractivity contribution in [3.8, 4) is 0 Å². The SMILES string of the molecule is Cc1ccc(NCc2nnc(SCC(N)=O)n2C)cc1Cl. The van der Waals surface area contributed by atoms with Crippen molar-refractivity contribution in [3.63, 3.8) is 0 Å². The Hall–Kier alpha value is -1.73. The number of carbonyl (C=O) groups is 1. The van der Waals surface area contributed by atoms with Crippen LogP contribution in [0.2, 0.25) is 5.02 Å². The van der Waals surface area contributed by atoms with Gasteiger partial charge < -0.3 is 15.6 Å². The van der Waals surface area contributed by atoms with E-state index >= 15 is 0 Å². The zero-order valence-corrected chi connectivity index (χ0v) is 13.3. The Morgan fingerprint density at radius 3 is 2.90 bits per heavy atom. The zero-order chi connectivity index (χ0) is 15.4. The van der Waals surface area contributed by atoms with E-state index in [4.69, 9.17) is 17.3 Å². The maximum atomic E-state index is 10.8. The predicted octanol–water partition coefficient (Wildman–Crippen LogP) is 1.97. The van der Waals surface area contributed by atoms with E-state index in [1.807, 2.05) is 36.7 Å². The topological polar surface area (TPSA) is 85.8 Å². The van der Waals surface area contributed by atoms with Crippen LogP contribution in [0.4, 0.5) is 5.69 Å². The molecule has 2 aromatic rings. The Kier molecular flexibility index (Phi) is 5.08. The summed E-state index contributed by atoms with van der Waals surface area (Å²) in [7, 11) is 1.85. The summed E-state index contributed by atoms with van der Waals surface area (Å²) in [5.74, 6) is 0.572. The highest BCUT2D eigenvalue weighted by Crippen LogP contribution is 2.21. The second kappa shape index (κ2) is 6.82. The van der Waals surface area contributed by atoms with Gasteiger partial charge in [0.25, 0.3) is 0 Å². The van der Waals surface area contributed by atoms with Gasteiger partial charge in [-0.15, -0.1) is 10.2 Å². The molecule has 21 heavy (non-hydrogen) atoms. The number of nitrogens with two attached hydrogens (primary N) is 1. The van der Waals surface area contributed by atoms with Crippen molar-refractivity contribution in [1.82, 2.24) is 14.8 Å². The van der Waals surface area contributed by atoms with Gasteiger partial charge in [0.05, 0.1) is 12.3 Å². The highest BCUT2D eigenvalue weighted by molar-refractivity contribution is 7.99. The normalized spacial score (nSPS) is 10.6. The first-order valence-corrected chi connectivity index (χ1v) is 7.63. The molecule has 1 heterocycles. The number of hydrogen-bond acceptors (Lipinski definition) is 5. The lowest BCUT2D eigenvalue weighted by Gasteiger charge is -2.08. The molecule has 0 unspecified atom stereocenters. The van der Waals surface area contributed by atoms with Crippen molar-refractivity contribution >= 4 is 35.0 Å². The van der Waals surface area contributed by atoms with Gasteiger partial charge in [0.1, 0.15) is 0 Å². The molecule has 0 atom stereocenters. The van der Waals surface area contributed by atoms with E-state index in [0.717, 1.165) is 22.1 Å². The van der Waals surface area contributed by atoms with Crippen LogP contribution in [0.1, 0.15) is 11.4 Å². The van der Waals surface area contributed by atoms with Crippen LogP contribution in [-0.2, 0) is 18.4 Å². The first kappa shape index (κ1) is 15.7. The molecule has 3 N–H and O–H groups in total. The van der Waals surface area contributed by atoms with Gasteiger partial charge in [-0.05, 0) is 24.6 Å². The molecule has 0 radical (unpaired) electrons. The molecule has 0 fully saturated rings. The second-order valence-corrected chi connectivity index (χ2v) is 5.88. The maximum Gasteiger partial charge on any atom is 0.227 e. The molecule has 0 bridgehead atoms. The van der Waals surface area contributed by atoms with Crippen LogP contribution < -0.4 is 11.1 Å². The molecule has 0 saturated heterocycles. The fourth-order valence-corrected chi connectivity index (χ4v) is 2.49. The van der Waals surface area contributed by atoms with Gasteiger partial charge in [0, 0.05) is 17.8 Å². The van der Waals surface area contributed by atoms with E-state index in [9.17, 15) is 4.79 Å². The van der Waals surface area contributed by atoms with E-state index < -0.39 is 0 Å². The fraction of sp³-hybridized carbons (Fsp3) is 0.308. The van der Waals surface area contributed by atoms with Crippen LogP contribution in [0, 0.1) is 6.92 Å². The smallest absolute Gasteiger partial charge is 0.227 e. The minimum atomic E-state index is -0.378. The van der Waals surface area contributed by atoms with Gasteiger partial charge in [-0.3, -0.25) is 4.79 Å². The lowest BCUT2D eigenvalue weighted by molar-refractivity contribution is -0.115. The molecule has 1 amide bonds. The molecule has 2 rings (SSSR count). The van der Waals surface area contributed by atoms with E-state index in [1.54, 1.807) is 0 Å². The summed E-state index contributed by atoms with van der Waals surface area (Å²) in [5.41, 5.74) is 7.07. The van der Waals surface area contributed by atoms with E-state index in [2.05, 4.69) is 15.5 Å². The number of aromatic nitrogens is 3. The van der Waals surface area contributed by atoms with Crippen molar-refractivity contribution < 1.29 is 4.79 Å². The summed E-state index contributed by atoms with van der Waals surface area (Å²) in [6.07, 6.45) is 0. The summed E-state index contributed by atoms with van der Waals surface area (Å²) < 4.78 is 1.83. The molecule has 0 spiro atoms. The summed E-state index contributed by atoms with van der Waals surface area (Å²) in [6, 6.07) is 5.78. The molecule has 6 nitrogen and oxygen atoms in total. The fourth-order valence-electron chi connectivity index (χ4n) is 1.64. The Balaban J connectivity index is 2.00. The molecule has 112 valence electrons. The number of halogens is 1. The molecule has 0 aliphatic carbocycles. The van der Waals surface area contributed by atoms with Crippen molar-refractivity contribution in [2.45, 2.75) is 18.6 Å². The molecular weight excluding hydrogens is 310 g/mol. The van der Waals surface area contributed by atoms with Crippen LogP contribution >= 0.6 is 23.4 Å². The van der Waals surface area contributed by atoms with E-state index in [1.165, 1.54) is 11.8 Å². The van der Waals surface area contributed by atoms with Gasteiger partial charge in [0.15, 0.2) is 11.0 Å². The van der Waals surface area contributed by atoms with Crippen molar-refractivity contribution in [2.24, 2.45) is 12.8 Å². The molecule has 0 aliphatic heterocycles. The highest BCUT2D eigenvalue weighted by Gasteiger charge is 2.10. The minimum absolute atomic E-state index is 0.187. The van der Waals surface area contributed by atoms with E-state index in [-0.39, 0.29) is 11.7 Å². The Morgan fingerprint density at radius 1 is 1.48 bits per heavy atom. The number of carbonyl (C=O) groups excluding carboxylic acids is 1. The molecule has 0 saturated carbocycles. The Bertz CT molecular complexity index is 658. The first-order chi connectivity index (χ1) is 9.97. The maximum absolute atomic E-state index is 10.8. The van der Waals surface area contributed by atoms with Crippen LogP contribution in [0.25, 0.3) is 0 Å². The average Bonchev–Trinajstić information content (AvgIpc) is 2.78. The van der Waals surface area contributed by atoms with Crippen LogP contribution in [0.5, 0.6) is 0 Å². The third-order valence-corrected chi connectivity index (χ3v) is 4.34. The van der Waals surface area contributed by atoms with Gasteiger partial charge in [0.2, 0.25) is 5.91 Å². The third-order valence-electron chi connectivity index (χ3n) is 2.89. The van der Waals surface area contributed by atoms with Crippen molar-refractivity contribution in [2.75, 3.05) is 11.1 Å². The monoisotopic (exact) mass is 325 g/mol. The lowest BCUT2D eigenvalue weighted by Crippen LogP contribution is -2.13. The number of nitrogens with one attached hydrogen (secondary N) is 1. The molecule has 0 aliphatic rings. The summed E-state index contributed by atoms with van der Waals surface area (Å²) >= 11 is 7.35. The van der Waals surface area contributed by atoms with Crippen LogP contribution in [-0.4, -0.2) is 26.4 Å². The number of benzene rings is 1. The quantitative estimate of drug-likeness (QED) is 0.793. The van der Waals surface area contributed by atoms with Crippen LogP contribution in [0.3, 0.4) is 0 Å². The van der Waals surface area contributed by atoms with Crippen LogP contribution in [0.15, 0.2) is 23.4 Å².